The molecule has 0 radical (unpaired) electrons. The molecule has 0 unspecified atom stereocenters. The number of aromatic nitrogens is 6. The molecule has 0 saturated carbocycles. The number of para-hydroxylation sites is 2. The Balaban J connectivity index is 1.64. The number of hydrogen-bond donors (Lipinski definition) is 3. The van der Waals surface area contributed by atoms with Gasteiger partial charge in [-0.05, 0) is 30.3 Å². The number of hydrogen-bond acceptors (Lipinski definition) is 6. The van der Waals surface area contributed by atoms with Gasteiger partial charge in [0.05, 0.1) is 22.9 Å². The molecule has 3 aromatic heterocycles. The number of aromatic carboxylic acids is 1. The maximum absolute atomic E-state index is 11.2. The second-order valence-electron chi connectivity index (χ2n) is 6.08. The molecule has 0 fully saturated rings. The Bertz CT molecular complexity index is 1340. The van der Waals surface area contributed by atoms with Gasteiger partial charge in [-0.1, -0.05) is 18.2 Å². The van der Waals surface area contributed by atoms with Crippen LogP contribution in [0.15, 0.2) is 61.2 Å². The normalized spacial score (nSPS) is 11.1. The maximum atomic E-state index is 11.2. The lowest BCUT2D eigenvalue weighted by atomic mass is 10.2. The lowest BCUT2D eigenvalue weighted by molar-refractivity contribution is 0.0697. The number of rotatable bonds is 4. The first kappa shape index (κ1) is 15.9. The van der Waals surface area contributed by atoms with Crippen LogP contribution in [-0.4, -0.2) is 40.6 Å². The van der Waals surface area contributed by atoms with Gasteiger partial charge >= 0.3 is 5.97 Å². The monoisotopic (exact) mass is 371 g/mol. The molecular formula is C19H13N7O2. The van der Waals surface area contributed by atoms with Gasteiger partial charge < -0.3 is 15.4 Å². The van der Waals surface area contributed by atoms with E-state index >= 15 is 0 Å². The molecule has 0 atom stereocenters. The summed E-state index contributed by atoms with van der Waals surface area (Å²) in [6.45, 7) is 0. The molecule has 136 valence electrons. The first-order valence-electron chi connectivity index (χ1n) is 8.43. The average molecular weight is 371 g/mol. The van der Waals surface area contributed by atoms with Crippen LogP contribution in [0, 0.1) is 0 Å². The standard InChI is InChI=1S/C19H13N7O2/c27-18(28)11-4-3-5-12(8-11)23-19-24-16-15(20-9-21-16)17(25-19)26-10-22-13-6-1-2-7-14(13)26/h1-10H,(H,27,28)(H2,20,21,23,24,25). The van der Waals surface area contributed by atoms with E-state index in [2.05, 4.69) is 30.2 Å². The minimum absolute atomic E-state index is 0.174. The molecule has 0 aliphatic carbocycles. The summed E-state index contributed by atoms with van der Waals surface area (Å²) < 4.78 is 1.85. The molecule has 9 heteroatoms. The summed E-state index contributed by atoms with van der Waals surface area (Å²) in [5.41, 5.74) is 3.64. The van der Waals surface area contributed by atoms with Crippen LogP contribution in [0.25, 0.3) is 28.0 Å². The predicted octanol–water partition coefficient (Wildman–Crippen LogP) is 3.13. The van der Waals surface area contributed by atoms with Crippen molar-refractivity contribution < 1.29 is 9.90 Å². The van der Waals surface area contributed by atoms with Gasteiger partial charge in [0.1, 0.15) is 6.33 Å². The van der Waals surface area contributed by atoms with Crippen molar-refractivity contribution in [2.24, 2.45) is 0 Å². The highest BCUT2D eigenvalue weighted by Crippen LogP contribution is 2.24. The van der Waals surface area contributed by atoms with Crippen molar-refractivity contribution in [2.45, 2.75) is 0 Å². The molecule has 0 aliphatic rings. The van der Waals surface area contributed by atoms with Crippen LogP contribution in [0.4, 0.5) is 11.6 Å². The Morgan fingerprint density at radius 2 is 1.96 bits per heavy atom. The molecular weight excluding hydrogens is 358 g/mol. The van der Waals surface area contributed by atoms with Gasteiger partial charge in [0.15, 0.2) is 17.0 Å². The van der Waals surface area contributed by atoms with Gasteiger partial charge in [-0.15, -0.1) is 0 Å². The highest BCUT2D eigenvalue weighted by atomic mass is 16.4. The fourth-order valence-corrected chi connectivity index (χ4v) is 3.03. The highest BCUT2D eigenvalue weighted by molar-refractivity contribution is 5.89. The SMILES string of the molecule is O=C(O)c1cccc(Nc2nc(-n3cnc4ccccc43)c3nc[nH]c3n2)c1. The number of nitrogens with one attached hydrogen (secondary N) is 2. The number of carboxylic acid groups (broad SMARTS) is 1. The van der Waals surface area contributed by atoms with Crippen LogP contribution in [0.1, 0.15) is 10.4 Å². The Labute approximate surface area is 157 Å². The minimum atomic E-state index is -1.00. The number of H-pyrrole nitrogens is 1. The number of nitrogens with zero attached hydrogens (tertiary/aromatic N) is 5. The molecule has 5 rings (SSSR count). The molecule has 0 amide bonds. The van der Waals surface area contributed by atoms with Crippen LogP contribution in [0.5, 0.6) is 0 Å². The van der Waals surface area contributed by atoms with Gasteiger partial charge in [0, 0.05) is 5.69 Å². The second kappa shape index (κ2) is 6.16. The fourth-order valence-electron chi connectivity index (χ4n) is 3.03. The first-order chi connectivity index (χ1) is 13.7. The minimum Gasteiger partial charge on any atom is -0.478 e. The number of fused-ring (bicyclic) bond motifs is 2. The molecule has 3 heterocycles. The van der Waals surface area contributed by atoms with E-state index in [9.17, 15) is 9.90 Å². The zero-order valence-corrected chi connectivity index (χ0v) is 14.4. The van der Waals surface area contributed by atoms with Crippen molar-refractivity contribution in [1.82, 2.24) is 29.5 Å². The van der Waals surface area contributed by atoms with Crippen molar-refractivity contribution in [3.05, 3.63) is 66.7 Å². The van der Waals surface area contributed by atoms with Gasteiger partial charge in [0.25, 0.3) is 0 Å². The van der Waals surface area contributed by atoms with Crippen LogP contribution in [0.2, 0.25) is 0 Å². The van der Waals surface area contributed by atoms with E-state index in [0.29, 0.717) is 28.6 Å². The number of carboxylic acids is 1. The first-order valence-corrected chi connectivity index (χ1v) is 8.43. The second-order valence-corrected chi connectivity index (χ2v) is 6.08. The highest BCUT2D eigenvalue weighted by Gasteiger charge is 2.15. The van der Waals surface area contributed by atoms with E-state index in [4.69, 9.17) is 0 Å². The van der Waals surface area contributed by atoms with Gasteiger partial charge in [0.2, 0.25) is 5.95 Å². The molecule has 3 N–H and O–H groups in total. The van der Waals surface area contributed by atoms with Crippen molar-refractivity contribution >= 4 is 39.8 Å². The van der Waals surface area contributed by atoms with E-state index < -0.39 is 5.97 Å². The van der Waals surface area contributed by atoms with E-state index in [1.54, 1.807) is 24.8 Å². The third-order valence-corrected chi connectivity index (χ3v) is 4.31. The molecule has 0 saturated heterocycles. The topological polar surface area (TPSA) is 122 Å². The summed E-state index contributed by atoms with van der Waals surface area (Å²) in [6, 6.07) is 14.2. The molecule has 2 aromatic carbocycles. The largest absolute Gasteiger partial charge is 0.478 e. The zero-order chi connectivity index (χ0) is 19.1. The number of benzene rings is 2. The lowest BCUT2D eigenvalue weighted by Gasteiger charge is -2.09. The molecule has 0 bridgehead atoms. The third-order valence-electron chi connectivity index (χ3n) is 4.31. The smallest absolute Gasteiger partial charge is 0.335 e. The van der Waals surface area contributed by atoms with Crippen molar-refractivity contribution in [3.63, 3.8) is 0 Å². The lowest BCUT2D eigenvalue weighted by Crippen LogP contribution is -2.05. The number of imidazole rings is 2. The quantitative estimate of drug-likeness (QED) is 0.444. The van der Waals surface area contributed by atoms with Crippen molar-refractivity contribution in [1.29, 1.82) is 0 Å². The number of anilines is 2. The Kier molecular flexibility index (Phi) is 3.51. The van der Waals surface area contributed by atoms with E-state index in [1.807, 2.05) is 28.8 Å². The van der Waals surface area contributed by atoms with Crippen LogP contribution in [0.3, 0.4) is 0 Å². The van der Waals surface area contributed by atoms with Gasteiger partial charge in [-0.2, -0.15) is 9.97 Å². The molecule has 5 aromatic rings. The van der Waals surface area contributed by atoms with Crippen LogP contribution >= 0.6 is 0 Å². The summed E-state index contributed by atoms with van der Waals surface area (Å²) in [4.78, 5) is 32.0. The predicted molar refractivity (Wildman–Crippen MR) is 103 cm³/mol. The molecule has 0 aliphatic heterocycles. The van der Waals surface area contributed by atoms with E-state index in [-0.39, 0.29) is 5.56 Å². The zero-order valence-electron chi connectivity index (χ0n) is 14.4. The molecule has 28 heavy (non-hydrogen) atoms. The summed E-state index contributed by atoms with van der Waals surface area (Å²) in [5.74, 6) is -0.122. The number of aromatic amines is 1. The Morgan fingerprint density at radius 1 is 1.07 bits per heavy atom. The number of carbonyl (C=O) groups is 1. The van der Waals surface area contributed by atoms with Crippen molar-refractivity contribution in [2.75, 3.05) is 5.32 Å². The van der Waals surface area contributed by atoms with Crippen molar-refractivity contribution in [3.8, 4) is 5.82 Å². The van der Waals surface area contributed by atoms with Crippen LogP contribution in [-0.2, 0) is 0 Å². The Morgan fingerprint density at radius 3 is 2.86 bits per heavy atom. The van der Waals surface area contributed by atoms with E-state index in [0.717, 1.165) is 11.0 Å². The molecule has 9 nitrogen and oxygen atoms in total. The van der Waals surface area contributed by atoms with Gasteiger partial charge in [-0.3, -0.25) is 4.57 Å². The summed E-state index contributed by atoms with van der Waals surface area (Å²) >= 11 is 0. The summed E-state index contributed by atoms with van der Waals surface area (Å²) in [7, 11) is 0. The Hall–Kier alpha value is -4.27. The van der Waals surface area contributed by atoms with Crippen LogP contribution < -0.4 is 5.32 Å². The summed E-state index contributed by atoms with van der Waals surface area (Å²) in [5, 5.41) is 12.2. The van der Waals surface area contributed by atoms with Gasteiger partial charge in [-0.25, -0.2) is 14.8 Å². The summed E-state index contributed by atoms with van der Waals surface area (Å²) in [6.07, 6.45) is 3.24. The maximum Gasteiger partial charge on any atom is 0.335 e. The third kappa shape index (κ3) is 2.62. The molecule has 0 spiro atoms. The average Bonchev–Trinajstić information content (AvgIpc) is 3.34. The fraction of sp³-hybridized carbons (Fsp3) is 0. The van der Waals surface area contributed by atoms with E-state index in [1.165, 1.54) is 12.1 Å².